The summed E-state index contributed by atoms with van der Waals surface area (Å²) in [5, 5.41) is 12.9. The lowest BCUT2D eigenvalue weighted by Crippen LogP contribution is -2.54. The maximum absolute atomic E-state index is 13.7. The van der Waals surface area contributed by atoms with Gasteiger partial charge in [-0.3, -0.25) is 4.79 Å². The first-order chi connectivity index (χ1) is 20.8. The summed E-state index contributed by atoms with van der Waals surface area (Å²) in [6.45, 7) is 11.4. The Morgan fingerprint density at radius 3 is 2.65 bits per heavy atom. The van der Waals surface area contributed by atoms with Crippen molar-refractivity contribution in [3.8, 4) is 11.9 Å². The van der Waals surface area contributed by atoms with Crippen molar-refractivity contribution >= 4 is 28.1 Å². The summed E-state index contributed by atoms with van der Waals surface area (Å²) in [5.74, 6) is -1.25. The van der Waals surface area contributed by atoms with Gasteiger partial charge in [0, 0.05) is 54.9 Å². The zero-order chi connectivity index (χ0) is 30.2. The highest BCUT2D eigenvalue weighted by molar-refractivity contribution is 5.97. The summed E-state index contributed by atoms with van der Waals surface area (Å²) in [7, 11) is 2.11. The van der Waals surface area contributed by atoms with Gasteiger partial charge in [-0.05, 0) is 63.7 Å². The Bertz CT molecular complexity index is 1610. The van der Waals surface area contributed by atoms with E-state index in [1.165, 1.54) is 26.9 Å². The molecule has 2 atom stereocenters. The lowest BCUT2D eigenvalue weighted by atomic mass is 9.96. The van der Waals surface area contributed by atoms with Gasteiger partial charge in [0.2, 0.25) is 5.88 Å². The molecule has 2 unspecified atom stereocenters. The lowest BCUT2D eigenvalue weighted by Gasteiger charge is -2.42. The van der Waals surface area contributed by atoms with Crippen molar-refractivity contribution in [2.45, 2.75) is 51.7 Å². The van der Waals surface area contributed by atoms with E-state index in [2.05, 4.69) is 77.7 Å². The van der Waals surface area contributed by atoms with Crippen LogP contribution in [0.15, 0.2) is 48.8 Å². The van der Waals surface area contributed by atoms with Gasteiger partial charge in [0.25, 0.3) is 5.91 Å². The molecule has 0 aliphatic carbocycles. The summed E-state index contributed by atoms with van der Waals surface area (Å²) in [5.41, 5.74) is 5.65. The molecule has 2 aromatic carbocycles. The normalized spacial score (nSPS) is 20.7. The zero-order valence-electron chi connectivity index (χ0n) is 25.3. The van der Waals surface area contributed by atoms with Crippen LogP contribution < -0.4 is 14.5 Å². The molecular formula is C34H39FN6O2. The number of likely N-dealkylation sites (N-methyl/N-ethyl adjacent to an activating group) is 1. The van der Waals surface area contributed by atoms with Gasteiger partial charge in [-0.15, -0.1) is 0 Å². The van der Waals surface area contributed by atoms with Crippen molar-refractivity contribution in [1.29, 1.82) is 5.26 Å². The summed E-state index contributed by atoms with van der Waals surface area (Å²) in [6.07, 6.45) is 2.90. The number of amides is 1. The smallest absolute Gasteiger partial charge is 0.282 e. The van der Waals surface area contributed by atoms with Crippen molar-refractivity contribution in [2.75, 3.05) is 56.2 Å². The minimum atomic E-state index is -0.948. The van der Waals surface area contributed by atoms with E-state index in [9.17, 15) is 14.4 Å². The Morgan fingerprint density at radius 1 is 1.16 bits per heavy atom. The van der Waals surface area contributed by atoms with Gasteiger partial charge in [0.15, 0.2) is 5.83 Å². The second kappa shape index (κ2) is 11.8. The quantitative estimate of drug-likeness (QED) is 0.380. The molecule has 0 radical (unpaired) electrons. The number of nitrogens with zero attached hydrogens (tertiary/aromatic N) is 6. The van der Waals surface area contributed by atoms with Gasteiger partial charge in [-0.25, -0.2) is 9.37 Å². The molecule has 1 aromatic heterocycles. The van der Waals surface area contributed by atoms with Crippen molar-refractivity contribution < 1.29 is 13.9 Å². The van der Waals surface area contributed by atoms with Crippen molar-refractivity contribution in [3.63, 3.8) is 0 Å². The molecule has 224 valence electrons. The van der Waals surface area contributed by atoms with Crippen LogP contribution in [-0.4, -0.2) is 79.2 Å². The topological polar surface area (TPSA) is 75.9 Å². The monoisotopic (exact) mass is 582 g/mol. The number of benzene rings is 2. The van der Waals surface area contributed by atoms with E-state index < -0.39 is 11.7 Å². The maximum atomic E-state index is 13.7. The minimum absolute atomic E-state index is 0.251. The van der Waals surface area contributed by atoms with Gasteiger partial charge < -0.3 is 24.3 Å². The fraction of sp³-hybridized carbons (Fsp3) is 0.441. The number of aromatic nitrogens is 1. The largest absolute Gasteiger partial charge is 0.475 e. The number of carbonyl (C=O) groups is 1. The Morgan fingerprint density at radius 2 is 1.95 bits per heavy atom. The summed E-state index contributed by atoms with van der Waals surface area (Å²) < 4.78 is 20.1. The zero-order valence-corrected chi connectivity index (χ0v) is 25.3. The van der Waals surface area contributed by atoms with Gasteiger partial charge in [-0.2, -0.15) is 5.26 Å². The van der Waals surface area contributed by atoms with E-state index in [1.807, 2.05) is 6.92 Å². The highest BCUT2D eigenvalue weighted by atomic mass is 19.1. The fourth-order valence-corrected chi connectivity index (χ4v) is 7.05. The molecule has 1 amide bonds. The van der Waals surface area contributed by atoms with Crippen molar-refractivity contribution in [1.82, 2.24) is 14.8 Å². The van der Waals surface area contributed by atoms with E-state index in [0.717, 1.165) is 49.3 Å². The number of fused-ring (bicyclic) bond motifs is 2. The van der Waals surface area contributed by atoms with E-state index in [1.54, 1.807) is 0 Å². The number of pyridine rings is 1. The van der Waals surface area contributed by atoms with Crippen LogP contribution in [0.4, 0.5) is 15.8 Å². The predicted octanol–water partition coefficient (Wildman–Crippen LogP) is 4.97. The fourth-order valence-electron chi connectivity index (χ4n) is 7.05. The van der Waals surface area contributed by atoms with Crippen molar-refractivity contribution in [3.05, 3.63) is 71.2 Å². The number of anilines is 2. The number of piperazine rings is 1. The first-order valence-corrected chi connectivity index (χ1v) is 15.2. The van der Waals surface area contributed by atoms with Crippen LogP contribution >= 0.6 is 0 Å². The Labute approximate surface area is 252 Å². The van der Waals surface area contributed by atoms with Gasteiger partial charge >= 0.3 is 0 Å². The third-order valence-corrected chi connectivity index (χ3v) is 9.36. The predicted molar refractivity (Wildman–Crippen MR) is 167 cm³/mol. The van der Waals surface area contributed by atoms with Crippen LogP contribution in [0.1, 0.15) is 42.1 Å². The third kappa shape index (κ3) is 5.40. The van der Waals surface area contributed by atoms with Crippen molar-refractivity contribution in [2.24, 2.45) is 0 Å². The van der Waals surface area contributed by atoms with Gasteiger partial charge in [0.05, 0.1) is 17.9 Å². The first kappa shape index (κ1) is 28.9. The molecule has 2 fully saturated rings. The molecule has 3 aliphatic rings. The van der Waals surface area contributed by atoms with Crippen LogP contribution in [0, 0.1) is 18.3 Å². The summed E-state index contributed by atoms with van der Waals surface area (Å²) >= 11 is 0. The van der Waals surface area contributed by atoms with E-state index >= 15 is 0 Å². The van der Waals surface area contributed by atoms with E-state index in [0.29, 0.717) is 44.2 Å². The van der Waals surface area contributed by atoms with Crippen LogP contribution in [0.2, 0.25) is 0 Å². The first-order valence-electron chi connectivity index (χ1n) is 15.2. The number of carbonyl (C=O) groups excluding carboxylic acids is 1. The Balaban J connectivity index is 1.39. The van der Waals surface area contributed by atoms with Crippen LogP contribution in [0.5, 0.6) is 5.88 Å². The molecule has 0 bridgehead atoms. The Hall–Kier alpha value is -4.16. The van der Waals surface area contributed by atoms with E-state index in [-0.39, 0.29) is 12.1 Å². The van der Waals surface area contributed by atoms with Gasteiger partial charge in [-0.1, -0.05) is 36.9 Å². The maximum Gasteiger partial charge on any atom is 0.282 e. The molecule has 8 nitrogen and oxygen atoms in total. The molecule has 0 saturated carbocycles. The molecule has 0 N–H and O–H groups in total. The lowest BCUT2D eigenvalue weighted by molar-refractivity contribution is -0.131. The molecule has 6 rings (SSSR count). The number of likely N-dealkylation sites (tertiary alicyclic amines) is 1. The van der Waals surface area contributed by atoms with Crippen LogP contribution in [0.3, 0.4) is 0 Å². The summed E-state index contributed by atoms with van der Waals surface area (Å²) in [6, 6.07) is 15.3. The average molecular weight is 583 g/mol. The number of aryl methyl sites for hydroxylation is 1. The molecule has 4 heterocycles. The molecule has 3 aromatic rings. The number of nitriles is 1. The number of ether oxygens (including phenoxy) is 1. The molecule has 43 heavy (non-hydrogen) atoms. The molecule has 0 spiro atoms. The highest BCUT2D eigenvalue weighted by Crippen LogP contribution is 2.40. The SMILES string of the molecule is C=C(F)C(=O)N1CCN(c2c(C#N)c(OCC3CCCN3C)nc3c2CCN(c2cccc4cccc(C)c24)C3)CC1C. The molecule has 2 saturated heterocycles. The third-order valence-electron chi connectivity index (χ3n) is 9.36. The van der Waals surface area contributed by atoms with E-state index in [4.69, 9.17) is 9.72 Å². The van der Waals surface area contributed by atoms with Crippen LogP contribution in [-0.2, 0) is 17.8 Å². The van der Waals surface area contributed by atoms with Gasteiger partial charge in [0.1, 0.15) is 18.2 Å². The average Bonchev–Trinajstić information content (AvgIpc) is 3.42. The minimum Gasteiger partial charge on any atom is -0.475 e. The second-order valence-corrected chi connectivity index (χ2v) is 12.1. The molecule has 9 heteroatoms. The second-order valence-electron chi connectivity index (χ2n) is 12.1. The number of halogens is 1. The Kier molecular flexibility index (Phi) is 7.97. The number of rotatable bonds is 6. The molecule has 3 aliphatic heterocycles. The number of hydrogen-bond acceptors (Lipinski definition) is 7. The highest BCUT2D eigenvalue weighted by Gasteiger charge is 2.35. The standard InChI is InChI=1S/C34H39FN6O2/c1-22-8-5-9-25-10-6-12-30(31(22)25)39-15-13-27-29(20-39)37-33(43-21-26-11-7-14-38(26)4)28(18-36)32(27)40-16-17-41(23(2)19-40)34(42)24(3)35/h5-6,8-10,12,23,26H,3,7,11,13-17,19-21H2,1-2,4H3. The molecular weight excluding hydrogens is 543 g/mol. The van der Waals surface area contributed by atoms with Crippen LogP contribution in [0.25, 0.3) is 10.8 Å². The summed E-state index contributed by atoms with van der Waals surface area (Å²) in [4.78, 5) is 25.8. The number of hydrogen-bond donors (Lipinski definition) is 0.